The van der Waals surface area contributed by atoms with Gasteiger partial charge < -0.3 is 14.2 Å². The van der Waals surface area contributed by atoms with E-state index in [1.54, 1.807) is 42.7 Å². The van der Waals surface area contributed by atoms with E-state index in [9.17, 15) is 13.9 Å². The van der Waals surface area contributed by atoms with Crippen molar-refractivity contribution in [2.45, 2.75) is 57.6 Å². The largest absolute Gasteiger partial charge is 0.495 e. The summed E-state index contributed by atoms with van der Waals surface area (Å²) in [5.41, 5.74) is 4.52. The molecular formula is C29H36N2O6S. The number of esters is 1. The van der Waals surface area contributed by atoms with Gasteiger partial charge in [-0.2, -0.15) is 4.31 Å². The van der Waals surface area contributed by atoms with Crippen LogP contribution in [0.15, 0.2) is 59.6 Å². The molecule has 1 aliphatic heterocycles. The Morgan fingerprint density at radius 2 is 1.97 bits per heavy atom. The molecule has 1 unspecified atom stereocenters. The molecule has 1 aromatic heterocycles. The van der Waals surface area contributed by atoms with Gasteiger partial charge >= 0.3 is 5.97 Å². The van der Waals surface area contributed by atoms with Crippen molar-refractivity contribution in [1.82, 2.24) is 9.29 Å². The fourth-order valence-corrected chi connectivity index (χ4v) is 6.43. The first-order valence-corrected chi connectivity index (χ1v) is 14.2. The number of hydrogen-bond donors (Lipinski definition) is 2. The lowest BCUT2D eigenvalue weighted by Gasteiger charge is -2.42. The Kier molecular flexibility index (Phi) is 8.62. The maximum absolute atomic E-state index is 12.7. The molecule has 2 atom stereocenters. The van der Waals surface area contributed by atoms with Crippen LogP contribution in [0.5, 0.6) is 11.5 Å². The van der Waals surface area contributed by atoms with Crippen LogP contribution in [0.4, 0.5) is 0 Å². The van der Waals surface area contributed by atoms with Gasteiger partial charge in [-0.05, 0) is 68.1 Å². The molecule has 0 amide bonds. The Morgan fingerprint density at radius 1 is 1.21 bits per heavy atom. The predicted octanol–water partition coefficient (Wildman–Crippen LogP) is 6.10. The van der Waals surface area contributed by atoms with Crippen molar-refractivity contribution in [3.63, 3.8) is 0 Å². The summed E-state index contributed by atoms with van der Waals surface area (Å²) >= 11 is 0. The van der Waals surface area contributed by atoms with Gasteiger partial charge in [0.25, 0.3) is 0 Å². The molecule has 0 saturated carbocycles. The van der Waals surface area contributed by atoms with Gasteiger partial charge in [0.15, 0.2) is 0 Å². The number of aryl methyl sites for hydroxylation is 2. The first-order chi connectivity index (χ1) is 18.1. The van der Waals surface area contributed by atoms with Crippen molar-refractivity contribution in [1.29, 1.82) is 0 Å². The first-order valence-electron chi connectivity index (χ1n) is 12.7. The zero-order valence-corrected chi connectivity index (χ0v) is 23.3. The third kappa shape index (κ3) is 5.96. The van der Waals surface area contributed by atoms with E-state index >= 15 is 0 Å². The van der Waals surface area contributed by atoms with Crippen LogP contribution in [0.1, 0.15) is 54.1 Å². The average Bonchev–Trinajstić information content (AvgIpc) is 2.98. The van der Waals surface area contributed by atoms with Crippen LogP contribution in [0, 0.1) is 13.8 Å². The molecule has 3 aromatic rings. The summed E-state index contributed by atoms with van der Waals surface area (Å²) in [4.78, 5) is 17.5. The standard InChI is InChI=1S/C29H36N2O6S/c1-6-36-29(32)15-26(25-14-24(35-5)16-30-21(25)4)22-12-11-19(2)23(13-22)18-31-17-20(3)37-27-9-7-8-10-28(27)38(31,33)34/h7-14,16,20,26,33-34H,6,15,17-18H2,1-5H3/t20-,26?/m1/s1. The van der Waals surface area contributed by atoms with E-state index in [1.165, 1.54) is 0 Å². The number of methoxy groups -OCH3 is 1. The molecule has 4 rings (SSSR count). The highest BCUT2D eigenvalue weighted by atomic mass is 32.3. The normalized spacial score (nSPS) is 18.4. The van der Waals surface area contributed by atoms with Gasteiger partial charge in [0.1, 0.15) is 22.5 Å². The summed E-state index contributed by atoms with van der Waals surface area (Å²) in [6, 6.07) is 15.0. The van der Waals surface area contributed by atoms with Crippen LogP contribution in [0.2, 0.25) is 0 Å². The predicted molar refractivity (Wildman–Crippen MR) is 148 cm³/mol. The third-order valence-corrected chi connectivity index (χ3v) is 8.73. The maximum atomic E-state index is 12.7. The Balaban J connectivity index is 1.74. The van der Waals surface area contributed by atoms with E-state index in [-0.39, 0.29) is 24.4 Å². The van der Waals surface area contributed by atoms with Crippen LogP contribution in [0.25, 0.3) is 0 Å². The molecule has 204 valence electrons. The van der Waals surface area contributed by atoms with E-state index in [0.29, 0.717) is 36.1 Å². The second-order valence-corrected chi connectivity index (χ2v) is 11.5. The van der Waals surface area contributed by atoms with Crippen molar-refractivity contribution in [2.75, 3.05) is 20.3 Å². The number of rotatable bonds is 8. The van der Waals surface area contributed by atoms with Gasteiger partial charge in [-0.3, -0.25) is 18.9 Å². The Labute approximate surface area is 226 Å². The summed E-state index contributed by atoms with van der Waals surface area (Å²) < 4.78 is 41.1. The number of carbonyl (C=O) groups is 1. The lowest BCUT2D eigenvalue weighted by atomic mass is 9.86. The molecule has 2 N–H and O–H groups in total. The van der Waals surface area contributed by atoms with Gasteiger partial charge in [-0.1, -0.05) is 30.3 Å². The lowest BCUT2D eigenvalue weighted by Crippen LogP contribution is -2.33. The topological polar surface area (TPSA) is 101 Å². The molecule has 0 spiro atoms. The number of nitrogens with zero attached hydrogens (tertiary/aromatic N) is 2. The second-order valence-electron chi connectivity index (χ2n) is 9.51. The van der Waals surface area contributed by atoms with Gasteiger partial charge in [-0.15, -0.1) is 10.8 Å². The van der Waals surface area contributed by atoms with E-state index < -0.39 is 10.8 Å². The number of hydrogen-bond acceptors (Lipinski definition) is 8. The van der Waals surface area contributed by atoms with E-state index in [4.69, 9.17) is 14.2 Å². The van der Waals surface area contributed by atoms with Crippen molar-refractivity contribution in [3.05, 3.63) is 82.7 Å². The van der Waals surface area contributed by atoms with Crippen LogP contribution in [-0.2, 0) is 16.1 Å². The summed E-state index contributed by atoms with van der Waals surface area (Å²) in [7, 11) is -1.70. The van der Waals surface area contributed by atoms with Crippen LogP contribution in [0.3, 0.4) is 0 Å². The second kappa shape index (κ2) is 11.7. The first kappa shape index (κ1) is 27.9. The quantitative estimate of drug-likeness (QED) is 0.331. The molecule has 0 saturated heterocycles. The SMILES string of the molecule is CCOC(=O)CC(c1ccc(C)c(CN2C[C@@H](C)Oc3ccccc3S2(O)O)c1)c1cc(OC)cnc1C. The fraction of sp³-hybridized carbons (Fsp3) is 0.379. The van der Waals surface area contributed by atoms with Crippen molar-refractivity contribution in [3.8, 4) is 11.5 Å². The monoisotopic (exact) mass is 540 g/mol. The summed E-state index contributed by atoms with van der Waals surface area (Å²) in [5.74, 6) is 0.482. The molecule has 0 fully saturated rings. The van der Waals surface area contributed by atoms with Crippen molar-refractivity contribution in [2.24, 2.45) is 0 Å². The third-order valence-electron chi connectivity index (χ3n) is 6.80. The smallest absolute Gasteiger partial charge is 0.306 e. The Morgan fingerprint density at radius 3 is 2.71 bits per heavy atom. The van der Waals surface area contributed by atoms with Gasteiger partial charge in [0.2, 0.25) is 0 Å². The van der Waals surface area contributed by atoms with E-state index in [0.717, 1.165) is 27.9 Å². The van der Waals surface area contributed by atoms with Crippen molar-refractivity contribution < 1.29 is 28.1 Å². The molecule has 2 heterocycles. The number of fused-ring (bicyclic) bond motifs is 1. The van der Waals surface area contributed by atoms with E-state index in [1.807, 2.05) is 51.1 Å². The van der Waals surface area contributed by atoms with Crippen molar-refractivity contribution >= 4 is 16.7 Å². The average molecular weight is 541 g/mol. The zero-order valence-electron chi connectivity index (χ0n) is 22.5. The molecule has 0 radical (unpaired) electrons. The molecule has 8 nitrogen and oxygen atoms in total. The van der Waals surface area contributed by atoms with Gasteiger partial charge in [-0.25, -0.2) is 0 Å². The van der Waals surface area contributed by atoms with E-state index in [2.05, 4.69) is 4.98 Å². The van der Waals surface area contributed by atoms with Crippen LogP contribution < -0.4 is 9.47 Å². The Bertz CT molecular complexity index is 1300. The van der Waals surface area contributed by atoms with Crippen LogP contribution in [-0.4, -0.2) is 50.7 Å². The number of para-hydroxylation sites is 1. The van der Waals surface area contributed by atoms with Gasteiger partial charge in [0.05, 0.1) is 32.9 Å². The minimum atomic E-state index is -3.29. The summed E-state index contributed by atoms with van der Waals surface area (Å²) in [6.07, 6.45) is 1.56. The highest BCUT2D eigenvalue weighted by molar-refractivity contribution is 8.22. The number of pyridine rings is 1. The molecular weight excluding hydrogens is 504 g/mol. The van der Waals surface area contributed by atoms with Gasteiger partial charge in [0, 0.05) is 18.2 Å². The molecule has 9 heteroatoms. The molecule has 38 heavy (non-hydrogen) atoms. The minimum absolute atomic E-state index is 0.142. The molecule has 2 aromatic carbocycles. The number of ether oxygens (including phenoxy) is 3. The summed E-state index contributed by atoms with van der Waals surface area (Å²) in [6.45, 7) is 8.55. The Hall–Kier alpha value is -3.11. The van der Waals surface area contributed by atoms with Crippen LogP contribution >= 0.6 is 10.8 Å². The summed E-state index contributed by atoms with van der Waals surface area (Å²) in [5, 5.41) is 0. The number of benzene rings is 2. The molecule has 0 aliphatic carbocycles. The number of carbonyl (C=O) groups excluding carboxylic acids is 1. The maximum Gasteiger partial charge on any atom is 0.306 e. The molecule has 1 aliphatic rings. The number of aromatic nitrogens is 1. The molecule has 0 bridgehead atoms. The fourth-order valence-electron chi connectivity index (χ4n) is 4.77. The zero-order chi connectivity index (χ0) is 27.4. The lowest BCUT2D eigenvalue weighted by molar-refractivity contribution is -0.143. The minimum Gasteiger partial charge on any atom is -0.495 e. The highest BCUT2D eigenvalue weighted by Crippen LogP contribution is 2.57. The highest BCUT2D eigenvalue weighted by Gasteiger charge is 2.34.